The Morgan fingerprint density at radius 2 is 0.982 bits per heavy atom. The normalized spacial score (nSPS) is 11.9. The van der Waals surface area contributed by atoms with Crippen LogP contribution >= 0.6 is 0 Å². The van der Waals surface area contributed by atoms with Gasteiger partial charge in [0.1, 0.15) is 0 Å². The predicted molar refractivity (Wildman–Crippen MR) is 239 cm³/mol. The van der Waals surface area contributed by atoms with Gasteiger partial charge in [-0.25, -0.2) is 0 Å². The Kier molecular flexibility index (Phi) is 10.0. The molecular formula is C54H44IrN2-2. The van der Waals surface area contributed by atoms with E-state index in [0.717, 1.165) is 27.9 Å². The van der Waals surface area contributed by atoms with E-state index in [-0.39, 0.29) is 30.9 Å². The Bertz CT molecular complexity index is 3040. The fraction of sp³-hybridized carbons (Fsp3) is 0.148. The smallest absolute Gasteiger partial charge is 0.0167 e. The monoisotopic (exact) mass is 913 g/mol. The van der Waals surface area contributed by atoms with E-state index in [0.29, 0.717) is 0 Å². The molecule has 8 aromatic carbocycles. The Morgan fingerprint density at radius 3 is 1.67 bits per heavy atom. The first-order valence-electron chi connectivity index (χ1n) is 19.5. The first-order valence-corrected chi connectivity index (χ1v) is 19.5. The minimum Gasteiger partial charge on any atom is -0.305 e. The van der Waals surface area contributed by atoms with Gasteiger partial charge in [0, 0.05) is 32.5 Å². The van der Waals surface area contributed by atoms with Crippen LogP contribution in [0, 0.1) is 12.1 Å². The molecule has 0 spiro atoms. The molecule has 0 unspecified atom stereocenters. The SMILES string of the molecule is CC(C)(C)c1ccc2c3c[c-]c(-c4nccc5c4ccc4c6ccccc6ccc54)cc3c3ccc(C(C)(C)C)cc3c2c1.[Ir].[c-]1ccccc1-c1ccccn1. The fourth-order valence-electron chi connectivity index (χ4n) is 8.05. The maximum absolute atomic E-state index is 4.95. The summed E-state index contributed by atoms with van der Waals surface area (Å²) in [7, 11) is 0. The second-order valence-corrected chi connectivity index (χ2v) is 16.9. The van der Waals surface area contributed by atoms with Crippen LogP contribution in [0.5, 0.6) is 0 Å². The van der Waals surface area contributed by atoms with Gasteiger partial charge < -0.3 is 9.97 Å². The molecule has 0 amide bonds. The first-order chi connectivity index (χ1) is 27.0. The Hall–Kier alpha value is -5.73. The van der Waals surface area contributed by atoms with Crippen LogP contribution in [0.3, 0.4) is 0 Å². The van der Waals surface area contributed by atoms with Gasteiger partial charge in [-0.3, -0.25) is 0 Å². The largest absolute Gasteiger partial charge is 0.305 e. The average molecular weight is 913 g/mol. The van der Waals surface area contributed by atoms with Crippen molar-refractivity contribution in [3.63, 3.8) is 0 Å². The number of aromatic nitrogens is 2. The molecule has 0 saturated carbocycles. The average Bonchev–Trinajstić information content (AvgIpc) is 3.23. The second-order valence-electron chi connectivity index (χ2n) is 16.9. The Morgan fingerprint density at radius 1 is 0.404 bits per heavy atom. The summed E-state index contributed by atoms with van der Waals surface area (Å²) < 4.78 is 0. The molecule has 2 aromatic heterocycles. The zero-order valence-corrected chi connectivity index (χ0v) is 35.6. The quantitative estimate of drug-likeness (QED) is 0.128. The van der Waals surface area contributed by atoms with Crippen molar-refractivity contribution in [3.8, 4) is 22.5 Å². The number of benzene rings is 8. The topological polar surface area (TPSA) is 25.8 Å². The van der Waals surface area contributed by atoms with Crippen molar-refractivity contribution >= 4 is 64.6 Å². The summed E-state index contributed by atoms with van der Waals surface area (Å²) in [5.74, 6) is 0. The molecular weight excluding hydrogens is 869 g/mol. The summed E-state index contributed by atoms with van der Waals surface area (Å²) >= 11 is 0. The van der Waals surface area contributed by atoms with Gasteiger partial charge in [0.15, 0.2) is 0 Å². The zero-order chi connectivity index (χ0) is 38.6. The number of nitrogens with zero attached hydrogens (tertiary/aromatic N) is 2. The molecule has 10 aromatic rings. The van der Waals surface area contributed by atoms with Crippen LogP contribution in [0.2, 0.25) is 0 Å². The van der Waals surface area contributed by atoms with Crippen molar-refractivity contribution in [3.05, 3.63) is 181 Å². The number of hydrogen-bond acceptors (Lipinski definition) is 2. The van der Waals surface area contributed by atoms with Gasteiger partial charge in [-0.1, -0.05) is 155 Å². The van der Waals surface area contributed by atoms with E-state index in [1.54, 1.807) is 6.20 Å². The summed E-state index contributed by atoms with van der Waals surface area (Å²) in [6.45, 7) is 13.8. The minimum absolute atomic E-state index is 0. The molecule has 2 nitrogen and oxygen atoms in total. The molecule has 1 radical (unpaired) electrons. The molecule has 57 heavy (non-hydrogen) atoms. The predicted octanol–water partition coefficient (Wildman–Crippen LogP) is 14.6. The van der Waals surface area contributed by atoms with Crippen LogP contribution < -0.4 is 0 Å². The van der Waals surface area contributed by atoms with E-state index in [2.05, 4.69) is 162 Å². The van der Waals surface area contributed by atoms with Gasteiger partial charge in [-0.2, -0.15) is 0 Å². The number of fused-ring (bicyclic) bond motifs is 11. The molecule has 281 valence electrons. The van der Waals surface area contributed by atoms with Crippen molar-refractivity contribution in [2.45, 2.75) is 52.4 Å². The van der Waals surface area contributed by atoms with Crippen LogP contribution in [-0.2, 0) is 30.9 Å². The molecule has 3 heteroatoms. The van der Waals surface area contributed by atoms with E-state index in [1.165, 1.54) is 70.4 Å². The molecule has 2 heterocycles. The Balaban J connectivity index is 0.000000300. The van der Waals surface area contributed by atoms with Crippen LogP contribution in [0.4, 0.5) is 0 Å². The molecule has 0 fully saturated rings. The van der Waals surface area contributed by atoms with E-state index in [9.17, 15) is 0 Å². The molecule has 0 aliphatic heterocycles. The third kappa shape index (κ3) is 7.12. The molecule has 0 atom stereocenters. The summed E-state index contributed by atoms with van der Waals surface area (Å²) in [6, 6.07) is 58.9. The van der Waals surface area contributed by atoms with Crippen molar-refractivity contribution in [2.24, 2.45) is 0 Å². The summed E-state index contributed by atoms with van der Waals surface area (Å²) in [6.07, 6.45) is 3.74. The zero-order valence-electron chi connectivity index (χ0n) is 33.2. The van der Waals surface area contributed by atoms with Crippen molar-refractivity contribution < 1.29 is 20.1 Å². The van der Waals surface area contributed by atoms with Gasteiger partial charge >= 0.3 is 0 Å². The van der Waals surface area contributed by atoms with Gasteiger partial charge in [0.25, 0.3) is 0 Å². The third-order valence-corrected chi connectivity index (χ3v) is 11.2. The van der Waals surface area contributed by atoms with Crippen LogP contribution in [-0.4, -0.2) is 9.97 Å². The number of pyridine rings is 2. The van der Waals surface area contributed by atoms with E-state index in [1.807, 2.05) is 48.7 Å². The van der Waals surface area contributed by atoms with Gasteiger partial charge in [-0.05, 0) is 94.0 Å². The Labute approximate surface area is 349 Å². The van der Waals surface area contributed by atoms with Crippen LogP contribution in [0.25, 0.3) is 87.1 Å². The maximum Gasteiger partial charge on any atom is 0.0167 e. The van der Waals surface area contributed by atoms with E-state index < -0.39 is 0 Å². The van der Waals surface area contributed by atoms with Crippen molar-refractivity contribution in [1.82, 2.24) is 9.97 Å². The summed E-state index contributed by atoms with van der Waals surface area (Å²) in [4.78, 5) is 9.17. The molecule has 0 N–H and O–H groups in total. The molecule has 0 aliphatic rings. The van der Waals surface area contributed by atoms with Crippen molar-refractivity contribution in [2.75, 3.05) is 0 Å². The molecule has 0 aliphatic carbocycles. The van der Waals surface area contributed by atoms with Crippen molar-refractivity contribution in [1.29, 1.82) is 0 Å². The van der Waals surface area contributed by atoms with Gasteiger partial charge in [0.05, 0.1) is 0 Å². The molecule has 0 bridgehead atoms. The molecule has 10 rings (SSSR count). The summed E-state index contributed by atoms with van der Waals surface area (Å²) in [5.41, 5.74) is 6.85. The number of rotatable bonds is 2. The van der Waals surface area contributed by atoms with E-state index in [4.69, 9.17) is 4.98 Å². The van der Waals surface area contributed by atoms with Crippen LogP contribution in [0.15, 0.2) is 158 Å². The second kappa shape index (κ2) is 15.0. The first kappa shape index (κ1) is 38.2. The summed E-state index contributed by atoms with van der Waals surface area (Å²) in [5, 5.41) is 15.1. The van der Waals surface area contributed by atoms with E-state index >= 15 is 0 Å². The standard InChI is InChI=1S/C43H36N.C11H8N.Ir/c1-42(2,3)28-13-17-34-33-16-12-27(23-38(33)35-18-14-29(43(4,5)6)25-40(35)39(34)24-28)41-37-20-19-31-30-10-8-7-9-26(30)11-15-32(31)36(37)21-22-44-41;1-2-6-10(7-3-1)11-8-4-5-9-12-11;/h7-11,13-25H,1-6H3;1-6,8-9H;/q2*-1;. The minimum atomic E-state index is 0. The number of hydrogen-bond donors (Lipinski definition) is 0. The fourth-order valence-corrected chi connectivity index (χ4v) is 8.05. The maximum atomic E-state index is 4.95. The van der Waals surface area contributed by atoms with Crippen LogP contribution in [0.1, 0.15) is 52.7 Å². The third-order valence-electron chi connectivity index (χ3n) is 11.2. The van der Waals surface area contributed by atoms with Gasteiger partial charge in [-0.15, -0.1) is 59.7 Å². The van der Waals surface area contributed by atoms with Gasteiger partial charge in [0.2, 0.25) is 0 Å². The molecule has 0 saturated heterocycles.